The molecule has 0 saturated carbocycles. The van der Waals surface area contributed by atoms with Crippen LogP contribution in [-0.4, -0.2) is 75.2 Å². The van der Waals surface area contributed by atoms with E-state index in [4.69, 9.17) is 4.74 Å². The van der Waals surface area contributed by atoms with Gasteiger partial charge in [0.2, 0.25) is 0 Å². The second-order valence-corrected chi connectivity index (χ2v) is 6.09. The van der Waals surface area contributed by atoms with Gasteiger partial charge in [-0.1, -0.05) is 6.92 Å². The van der Waals surface area contributed by atoms with Crippen LogP contribution in [0.3, 0.4) is 0 Å². The van der Waals surface area contributed by atoms with Crippen LogP contribution >= 0.6 is 0 Å². The molecular weight excluding hydrogens is 254 g/mol. The molecule has 5 heteroatoms. The van der Waals surface area contributed by atoms with Gasteiger partial charge in [0, 0.05) is 19.1 Å². The molecule has 5 nitrogen and oxygen atoms in total. The van der Waals surface area contributed by atoms with Crippen LogP contribution in [0.25, 0.3) is 0 Å². The van der Waals surface area contributed by atoms with Crippen LogP contribution in [-0.2, 0) is 9.53 Å². The fourth-order valence-electron chi connectivity index (χ4n) is 2.18. The number of methoxy groups -OCH3 is 1. The third-order valence-electron chi connectivity index (χ3n) is 3.76. The Morgan fingerprint density at radius 1 is 1.30 bits per heavy atom. The van der Waals surface area contributed by atoms with Gasteiger partial charge in [0.25, 0.3) is 0 Å². The smallest absolute Gasteiger partial charge is 0.325 e. The minimum Gasteiger partial charge on any atom is -0.468 e. The number of rotatable bonds is 10. The summed E-state index contributed by atoms with van der Waals surface area (Å²) >= 11 is 0. The first-order valence-electron chi connectivity index (χ1n) is 7.45. The molecule has 120 valence electrons. The van der Waals surface area contributed by atoms with Crippen molar-refractivity contribution >= 4 is 5.97 Å². The summed E-state index contributed by atoms with van der Waals surface area (Å²) in [6.07, 6.45) is 1.74. The highest BCUT2D eigenvalue weighted by Gasteiger charge is 2.35. The molecule has 2 atom stereocenters. The van der Waals surface area contributed by atoms with Crippen molar-refractivity contribution in [3.63, 3.8) is 0 Å². The number of hydrogen-bond donors (Lipinski definition) is 1. The van der Waals surface area contributed by atoms with E-state index in [1.54, 1.807) is 0 Å². The van der Waals surface area contributed by atoms with Crippen molar-refractivity contribution in [3.8, 4) is 0 Å². The van der Waals surface area contributed by atoms with Gasteiger partial charge in [-0.3, -0.25) is 4.79 Å². The Hall–Kier alpha value is -0.650. The molecule has 0 spiro atoms. The molecule has 0 radical (unpaired) electrons. The standard InChI is InChI=1S/C15H33N3O2/c1-8-9-16-15(3,14(19)20-7)12-13(2)18(6)11-10-17(4)5/h13,16H,8-12H2,1-7H3. The molecular formula is C15H33N3O2. The molecule has 0 heterocycles. The lowest BCUT2D eigenvalue weighted by Gasteiger charge is -2.34. The minimum absolute atomic E-state index is 0.182. The third kappa shape index (κ3) is 6.68. The summed E-state index contributed by atoms with van der Waals surface area (Å²) in [7, 11) is 7.69. The number of nitrogens with one attached hydrogen (secondary N) is 1. The van der Waals surface area contributed by atoms with E-state index in [2.05, 4.69) is 50.1 Å². The number of carbonyl (C=O) groups is 1. The van der Waals surface area contributed by atoms with Crippen LogP contribution in [0.4, 0.5) is 0 Å². The van der Waals surface area contributed by atoms with Gasteiger partial charge in [0.1, 0.15) is 5.54 Å². The maximum atomic E-state index is 12.1. The summed E-state index contributed by atoms with van der Waals surface area (Å²) in [5, 5.41) is 3.34. The molecule has 0 rings (SSSR count). The van der Waals surface area contributed by atoms with Gasteiger partial charge in [-0.25, -0.2) is 0 Å². The summed E-state index contributed by atoms with van der Waals surface area (Å²) in [6.45, 7) is 9.00. The number of likely N-dealkylation sites (N-methyl/N-ethyl adjacent to an activating group) is 2. The van der Waals surface area contributed by atoms with Crippen molar-refractivity contribution in [2.24, 2.45) is 0 Å². The lowest BCUT2D eigenvalue weighted by atomic mass is 9.92. The Morgan fingerprint density at radius 3 is 2.35 bits per heavy atom. The van der Waals surface area contributed by atoms with Crippen LogP contribution in [0.2, 0.25) is 0 Å². The molecule has 0 bridgehead atoms. The maximum Gasteiger partial charge on any atom is 0.325 e. The third-order valence-corrected chi connectivity index (χ3v) is 3.76. The summed E-state index contributed by atoms with van der Waals surface area (Å²) in [5.41, 5.74) is -0.615. The molecule has 0 saturated heterocycles. The van der Waals surface area contributed by atoms with Crippen LogP contribution in [0.5, 0.6) is 0 Å². The largest absolute Gasteiger partial charge is 0.468 e. The second kappa shape index (κ2) is 9.32. The Bertz CT molecular complexity index is 284. The van der Waals surface area contributed by atoms with E-state index in [0.29, 0.717) is 6.04 Å². The molecule has 0 aromatic heterocycles. The maximum absolute atomic E-state index is 12.1. The normalized spacial score (nSPS) is 16.2. The van der Waals surface area contributed by atoms with Gasteiger partial charge in [-0.15, -0.1) is 0 Å². The predicted octanol–water partition coefficient (Wildman–Crippen LogP) is 1.19. The Balaban J connectivity index is 4.59. The number of hydrogen-bond acceptors (Lipinski definition) is 5. The fourth-order valence-corrected chi connectivity index (χ4v) is 2.18. The molecule has 0 aliphatic rings. The molecule has 2 unspecified atom stereocenters. The number of carbonyl (C=O) groups excluding carboxylic acids is 1. The zero-order valence-electron chi connectivity index (χ0n) is 14.3. The van der Waals surface area contributed by atoms with E-state index in [0.717, 1.165) is 32.5 Å². The molecule has 0 aliphatic carbocycles. The van der Waals surface area contributed by atoms with E-state index in [1.807, 2.05) is 6.92 Å². The van der Waals surface area contributed by atoms with Crippen LogP contribution in [0.15, 0.2) is 0 Å². The number of esters is 1. The van der Waals surface area contributed by atoms with Crippen molar-refractivity contribution in [1.82, 2.24) is 15.1 Å². The zero-order chi connectivity index (χ0) is 15.8. The molecule has 0 aromatic rings. The monoisotopic (exact) mass is 287 g/mol. The van der Waals surface area contributed by atoms with Gasteiger partial charge >= 0.3 is 5.97 Å². The summed E-state index contributed by atoms with van der Waals surface area (Å²) in [4.78, 5) is 16.5. The molecule has 0 fully saturated rings. The van der Waals surface area contributed by atoms with Crippen molar-refractivity contribution < 1.29 is 9.53 Å². The van der Waals surface area contributed by atoms with Crippen molar-refractivity contribution in [2.75, 3.05) is 47.9 Å². The highest BCUT2D eigenvalue weighted by Crippen LogP contribution is 2.17. The topological polar surface area (TPSA) is 44.8 Å². The zero-order valence-corrected chi connectivity index (χ0v) is 14.3. The van der Waals surface area contributed by atoms with Crippen LogP contribution < -0.4 is 5.32 Å². The van der Waals surface area contributed by atoms with Gasteiger partial charge in [0.05, 0.1) is 7.11 Å². The van der Waals surface area contributed by atoms with Crippen LogP contribution in [0.1, 0.15) is 33.6 Å². The Morgan fingerprint density at radius 2 is 1.90 bits per heavy atom. The fraction of sp³-hybridized carbons (Fsp3) is 0.933. The van der Waals surface area contributed by atoms with Gasteiger partial charge < -0.3 is 19.9 Å². The van der Waals surface area contributed by atoms with E-state index >= 15 is 0 Å². The first-order valence-corrected chi connectivity index (χ1v) is 7.45. The lowest BCUT2D eigenvalue weighted by Crippen LogP contribution is -2.54. The molecule has 1 N–H and O–H groups in total. The summed E-state index contributed by atoms with van der Waals surface area (Å²) < 4.78 is 4.96. The number of ether oxygens (including phenoxy) is 1. The SMILES string of the molecule is CCCNC(C)(CC(C)N(C)CCN(C)C)C(=O)OC. The average Bonchev–Trinajstić information content (AvgIpc) is 2.41. The van der Waals surface area contributed by atoms with Crippen LogP contribution in [0, 0.1) is 0 Å². The lowest BCUT2D eigenvalue weighted by molar-refractivity contribution is -0.148. The Labute approximate surface area is 124 Å². The average molecular weight is 287 g/mol. The van der Waals surface area contributed by atoms with E-state index in [-0.39, 0.29) is 5.97 Å². The second-order valence-electron chi connectivity index (χ2n) is 6.09. The minimum atomic E-state index is -0.615. The van der Waals surface area contributed by atoms with Crippen molar-refractivity contribution in [3.05, 3.63) is 0 Å². The number of nitrogens with zero attached hydrogens (tertiary/aromatic N) is 2. The molecule has 0 amide bonds. The highest BCUT2D eigenvalue weighted by atomic mass is 16.5. The quantitative estimate of drug-likeness (QED) is 0.612. The first kappa shape index (κ1) is 19.4. The van der Waals surface area contributed by atoms with Crippen molar-refractivity contribution in [2.45, 2.75) is 45.2 Å². The predicted molar refractivity (Wildman–Crippen MR) is 84.0 cm³/mol. The molecule has 20 heavy (non-hydrogen) atoms. The summed E-state index contributed by atoms with van der Waals surface area (Å²) in [6, 6.07) is 0.309. The van der Waals surface area contributed by atoms with Gasteiger partial charge in [0.15, 0.2) is 0 Å². The first-order chi connectivity index (χ1) is 9.26. The Kier molecular flexibility index (Phi) is 9.01. The van der Waals surface area contributed by atoms with Gasteiger partial charge in [-0.05, 0) is 54.4 Å². The molecule has 0 aromatic carbocycles. The van der Waals surface area contributed by atoms with Crippen molar-refractivity contribution in [1.29, 1.82) is 0 Å². The van der Waals surface area contributed by atoms with E-state index < -0.39 is 5.54 Å². The van der Waals surface area contributed by atoms with Gasteiger partial charge in [-0.2, -0.15) is 0 Å². The van der Waals surface area contributed by atoms with E-state index in [1.165, 1.54) is 7.11 Å². The van der Waals surface area contributed by atoms with E-state index in [9.17, 15) is 4.79 Å². The summed E-state index contributed by atoms with van der Waals surface area (Å²) in [5.74, 6) is -0.182. The molecule has 0 aliphatic heterocycles. The highest BCUT2D eigenvalue weighted by molar-refractivity contribution is 5.80.